The SMILES string of the molecule is C[C@@H](Oc1cc(-c2cnn(C3CCN(C(=O)[C@H]4CNCCO4)CC3)c2)cnc1N)c1c(Cl)ccc(F)c1Cl. The highest BCUT2D eigenvalue weighted by molar-refractivity contribution is 6.36. The van der Waals surface area contributed by atoms with Crippen LogP contribution in [0.1, 0.15) is 37.5 Å². The van der Waals surface area contributed by atoms with Gasteiger partial charge in [-0.3, -0.25) is 9.48 Å². The Morgan fingerprint density at radius 2 is 2.05 bits per heavy atom. The van der Waals surface area contributed by atoms with E-state index in [1.54, 1.807) is 25.4 Å². The molecule has 12 heteroatoms. The summed E-state index contributed by atoms with van der Waals surface area (Å²) in [5.41, 5.74) is 8.01. The van der Waals surface area contributed by atoms with Crippen LogP contribution in [0, 0.1) is 5.82 Å². The fraction of sp³-hybridized carbons (Fsp3) is 0.423. The van der Waals surface area contributed by atoms with E-state index in [1.807, 2.05) is 15.8 Å². The number of piperidine rings is 1. The molecule has 0 aliphatic carbocycles. The molecule has 2 aromatic heterocycles. The summed E-state index contributed by atoms with van der Waals surface area (Å²) < 4.78 is 27.6. The van der Waals surface area contributed by atoms with E-state index in [1.165, 1.54) is 12.1 Å². The average molecular weight is 563 g/mol. The highest BCUT2D eigenvalue weighted by Gasteiger charge is 2.30. The number of likely N-dealkylation sites (tertiary alicyclic amines) is 1. The molecule has 202 valence electrons. The van der Waals surface area contributed by atoms with Gasteiger partial charge in [0.05, 0.1) is 23.9 Å². The van der Waals surface area contributed by atoms with Gasteiger partial charge in [-0.15, -0.1) is 0 Å². The van der Waals surface area contributed by atoms with Crippen LogP contribution in [0.4, 0.5) is 10.2 Å². The molecule has 2 saturated heterocycles. The summed E-state index contributed by atoms with van der Waals surface area (Å²) in [4.78, 5) is 18.9. The summed E-state index contributed by atoms with van der Waals surface area (Å²) in [6, 6.07) is 4.58. The van der Waals surface area contributed by atoms with E-state index >= 15 is 0 Å². The maximum Gasteiger partial charge on any atom is 0.253 e. The Bertz CT molecular complexity index is 1310. The molecular formula is C26H29Cl2FN6O3. The van der Waals surface area contributed by atoms with Crippen molar-refractivity contribution in [2.75, 3.05) is 38.5 Å². The predicted molar refractivity (Wildman–Crippen MR) is 143 cm³/mol. The van der Waals surface area contributed by atoms with Gasteiger partial charge < -0.3 is 25.4 Å². The molecule has 3 aromatic rings. The van der Waals surface area contributed by atoms with E-state index in [2.05, 4.69) is 15.4 Å². The third-order valence-corrected chi connectivity index (χ3v) is 7.67. The van der Waals surface area contributed by atoms with Crippen LogP contribution in [0.15, 0.2) is 36.8 Å². The number of nitrogens with one attached hydrogen (secondary N) is 1. The third-order valence-electron chi connectivity index (χ3n) is 6.96. The maximum atomic E-state index is 14.0. The molecule has 2 aliphatic heterocycles. The summed E-state index contributed by atoms with van der Waals surface area (Å²) in [5.74, 6) is -0.0214. The summed E-state index contributed by atoms with van der Waals surface area (Å²) in [5, 5.41) is 7.98. The van der Waals surface area contributed by atoms with Crippen molar-refractivity contribution in [3.05, 3.63) is 58.2 Å². The summed E-state index contributed by atoms with van der Waals surface area (Å²) in [6.07, 6.45) is 5.89. The fourth-order valence-corrected chi connectivity index (χ4v) is 5.52. The van der Waals surface area contributed by atoms with Crippen LogP contribution in [-0.2, 0) is 9.53 Å². The number of nitrogens with zero attached hydrogens (tertiary/aromatic N) is 4. The number of ether oxygens (including phenoxy) is 2. The molecule has 0 unspecified atom stereocenters. The van der Waals surface area contributed by atoms with Crippen molar-refractivity contribution in [2.24, 2.45) is 0 Å². The number of aromatic nitrogens is 3. The number of amides is 1. The smallest absolute Gasteiger partial charge is 0.253 e. The van der Waals surface area contributed by atoms with Gasteiger partial charge in [0.15, 0.2) is 11.6 Å². The number of halogens is 3. The lowest BCUT2D eigenvalue weighted by Gasteiger charge is -2.35. The molecule has 2 fully saturated rings. The van der Waals surface area contributed by atoms with Gasteiger partial charge in [-0.2, -0.15) is 5.10 Å². The molecule has 2 aliphatic rings. The van der Waals surface area contributed by atoms with Gasteiger partial charge in [-0.1, -0.05) is 23.2 Å². The van der Waals surface area contributed by atoms with Crippen molar-refractivity contribution in [1.82, 2.24) is 25.0 Å². The van der Waals surface area contributed by atoms with Gasteiger partial charge in [-0.05, 0) is 38.0 Å². The van der Waals surface area contributed by atoms with Crippen LogP contribution in [0.5, 0.6) is 5.75 Å². The quantitative estimate of drug-likeness (QED) is 0.432. The van der Waals surface area contributed by atoms with Gasteiger partial charge in [0.25, 0.3) is 5.91 Å². The number of carbonyl (C=O) groups excluding carboxylic acids is 1. The summed E-state index contributed by atoms with van der Waals surface area (Å²) in [6.45, 7) is 4.92. The first kappa shape index (κ1) is 26.7. The van der Waals surface area contributed by atoms with Gasteiger partial charge in [-0.25, -0.2) is 9.37 Å². The number of nitrogen functional groups attached to an aromatic ring is 1. The van der Waals surface area contributed by atoms with E-state index in [0.717, 1.165) is 30.5 Å². The zero-order chi connectivity index (χ0) is 26.8. The van der Waals surface area contributed by atoms with E-state index in [9.17, 15) is 9.18 Å². The molecule has 0 radical (unpaired) electrons. The molecule has 38 heavy (non-hydrogen) atoms. The van der Waals surface area contributed by atoms with Gasteiger partial charge in [0.1, 0.15) is 18.0 Å². The number of benzene rings is 1. The van der Waals surface area contributed by atoms with Crippen LogP contribution in [0.25, 0.3) is 11.1 Å². The standard InChI is InChI=1S/C26H29Cl2FN6O3/c1-15(23-19(27)2-3-20(29)24(23)28)38-21-10-16(11-32-25(21)30)17-12-33-35(14-17)18-4-7-34(8-5-18)26(36)22-13-31-6-9-37-22/h2-3,10-12,14-15,18,22,31H,4-9,13H2,1H3,(H2,30,32)/t15-,22-/m1/s1. The minimum atomic E-state index is -0.671. The maximum absolute atomic E-state index is 14.0. The van der Waals surface area contributed by atoms with E-state index in [4.69, 9.17) is 38.4 Å². The van der Waals surface area contributed by atoms with E-state index < -0.39 is 18.0 Å². The molecule has 5 rings (SSSR count). The second kappa shape index (κ2) is 11.4. The molecule has 2 atom stereocenters. The molecular weight excluding hydrogens is 534 g/mol. The zero-order valence-electron chi connectivity index (χ0n) is 20.9. The van der Waals surface area contributed by atoms with Gasteiger partial charge in [0, 0.05) is 60.3 Å². The van der Waals surface area contributed by atoms with Crippen molar-refractivity contribution >= 4 is 34.9 Å². The second-order valence-electron chi connectivity index (χ2n) is 9.45. The lowest BCUT2D eigenvalue weighted by molar-refractivity contribution is -0.146. The Morgan fingerprint density at radius 1 is 1.26 bits per heavy atom. The molecule has 4 heterocycles. The molecule has 0 spiro atoms. The van der Waals surface area contributed by atoms with Gasteiger partial charge in [0.2, 0.25) is 0 Å². The minimum absolute atomic E-state index is 0.0485. The second-order valence-corrected chi connectivity index (χ2v) is 10.2. The van der Waals surface area contributed by atoms with E-state index in [-0.39, 0.29) is 22.8 Å². The average Bonchev–Trinajstić information content (AvgIpc) is 3.43. The van der Waals surface area contributed by atoms with Crippen molar-refractivity contribution in [3.63, 3.8) is 0 Å². The van der Waals surface area contributed by atoms with Crippen LogP contribution < -0.4 is 15.8 Å². The van der Waals surface area contributed by atoms with E-state index in [0.29, 0.717) is 42.6 Å². The molecule has 1 aromatic carbocycles. The van der Waals surface area contributed by atoms with Crippen LogP contribution in [-0.4, -0.2) is 64.5 Å². The monoisotopic (exact) mass is 562 g/mol. The summed E-state index contributed by atoms with van der Waals surface area (Å²) >= 11 is 12.4. The third kappa shape index (κ3) is 5.58. The fourth-order valence-electron chi connectivity index (χ4n) is 4.84. The zero-order valence-corrected chi connectivity index (χ0v) is 22.4. The number of nitrogens with two attached hydrogens (primary N) is 1. The number of rotatable bonds is 6. The highest BCUT2D eigenvalue weighted by atomic mass is 35.5. The van der Waals surface area contributed by atoms with Crippen molar-refractivity contribution < 1.29 is 18.7 Å². The van der Waals surface area contributed by atoms with Gasteiger partial charge >= 0.3 is 0 Å². The molecule has 1 amide bonds. The number of anilines is 1. The first-order chi connectivity index (χ1) is 18.3. The number of carbonyl (C=O) groups is 1. The number of morpholine rings is 1. The molecule has 0 bridgehead atoms. The Hall–Kier alpha value is -2.92. The molecule has 3 N–H and O–H groups in total. The van der Waals surface area contributed by atoms with Crippen LogP contribution >= 0.6 is 23.2 Å². The topological polar surface area (TPSA) is 108 Å². The number of hydrogen-bond acceptors (Lipinski definition) is 7. The highest BCUT2D eigenvalue weighted by Crippen LogP contribution is 2.37. The summed E-state index contributed by atoms with van der Waals surface area (Å²) in [7, 11) is 0. The lowest BCUT2D eigenvalue weighted by Crippen LogP contribution is -2.51. The largest absolute Gasteiger partial charge is 0.482 e. The number of hydrogen-bond donors (Lipinski definition) is 2. The normalized spacial score (nSPS) is 19.4. The number of pyridine rings is 1. The van der Waals surface area contributed by atoms with Crippen LogP contribution in [0.2, 0.25) is 10.0 Å². The first-order valence-corrected chi connectivity index (χ1v) is 13.3. The lowest BCUT2D eigenvalue weighted by atomic mass is 10.0. The Morgan fingerprint density at radius 3 is 2.79 bits per heavy atom. The molecule has 9 nitrogen and oxygen atoms in total. The minimum Gasteiger partial charge on any atom is -0.482 e. The van der Waals surface area contributed by atoms with Crippen molar-refractivity contribution in [3.8, 4) is 16.9 Å². The van der Waals surface area contributed by atoms with Crippen LogP contribution in [0.3, 0.4) is 0 Å². The first-order valence-electron chi connectivity index (χ1n) is 12.5. The Balaban J connectivity index is 1.26. The Labute approximate surface area is 230 Å². The van der Waals surface area contributed by atoms with Crippen molar-refractivity contribution in [1.29, 1.82) is 0 Å². The molecule has 0 saturated carbocycles. The Kier molecular flexibility index (Phi) is 8.04. The van der Waals surface area contributed by atoms with Crippen molar-refractivity contribution in [2.45, 2.75) is 38.0 Å². The predicted octanol–water partition coefficient (Wildman–Crippen LogP) is 4.27.